The van der Waals surface area contributed by atoms with Gasteiger partial charge in [0.05, 0.1) is 17.0 Å². The number of thiazole rings is 1. The lowest BCUT2D eigenvalue weighted by molar-refractivity contribution is 0.832. The molecule has 0 aliphatic carbocycles. The normalized spacial score (nSPS) is 8.74. The first-order valence-electron chi connectivity index (χ1n) is 11.6. The van der Waals surface area contributed by atoms with Gasteiger partial charge in [-0.3, -0.25) is 4.98 Å². The summed E-state index contributed by atoms with van der Waals surface area (Å²) in [7, 11) is 0. The predicted octanol–water partition coefficient (Wildman–Crippen LogP) is 8.89. The summed E-state index contributed by atoms with van der Waals surface area (Å²) in [6.45, 7) is 26.8. The van der Waals surface area contributed by atoms with E-state index in [0.29, 0.717) is 11.8 Å². The Balaban J connectivity index is -0.000000338. The van der Waals surface area contributed by atoms with Gasteiger partial charge in [-0.1, -0.05) is 75.3 Å². The molecule has 3 aromatic rings. The van der Waals surface area contributed by atoms with Crippen LogP contribution in [-0.2, 0) is 0 Å². The van der Waals surface area contributed by atoms with Gasteiger partial charge in [0.1, 0.15) is 0 Å². The molecule has 0 saturated heterocycles. The molecule has 0 spiro atoms. The smallest absolute Gasteiger partial charge is 0.0921 e. The Hall–Kier alpha value is -2.01. The number of aromatic amines is 1. The quantitative estimate of drug-likeness (QED) is 0.426. The van der Waals surface area contributed by atoms with E-state index >= 15 is 0 Å². The van der Waals surface area contributed by atoms with Gasteiger partial charge in [0, 0.05) is 29.2 Å². The molecule has 178 valence electrons. The van der Waals surface area contributed by atoms with Crippen molar-refractivity contribution < 1.29 is 0 Å². The predicted molar refractivity (Wildman–Crippen MR) is 141 cm³/mol. The number of imidazole rings is 1. The first-order valence-corrected chi connectivity index (χ1v) is 12.4. The van der Waals surface area contributed by atoms with Gasteiger partial charge in [-0.2, -0.15) is 0 Å². The van der Waals surface area contributed by atoms with E-state index in [1.165, 1.54) is 26.8 Å². The fourth-order valence-corrected chi connectivity index (χ4v) is 2.75. The van der Waals surface area contributed by atoms with Crippen molar-refractivity contribution in [3.05, 3.63) is 63.9 Å². The molecule has 5 heteroatoms. The highest BCUT2D eigenvalue weighted by Crippen LogP contribution is 2.14. The summed E-state index contributed by atoms with van der Waals surface area (Å²) in [6, 6.07) is 4.06. The van der Waals surface area contributed by atoms with Crippen LogP contribution >= 0.6 is 11.3 Å². The van der Waals surface area contributed by atoms with Crippen LogP contribution in [-0.4, -0.2) is 19.9 Å². The molecule has 0 unspecified atom stereocenters. The number of aryl methyl sites for hydroxylation is 3. The summed E-state index contributed by atoms with van der Waals surface area (Å²) < 4.78 is 0. The van der Waals surface area contributed by atoms with Crippen LogP contribution in [0.1, 0.15) is 108 Å². The number of hydrogen-bond donors (Lipinski definition) is 1. The number of H-pyrrole nitrogens is 1. The molecular formula is C26H48N4S. The van der Waals surface area contributed by atoms with Crippen molar-refractivity contribution in [3.63, 3.8) is 0 Å². The van der Waals surface area contributed by atoms with Crippen molar-refractivity contribution in [2.24, 2.45) is 0 Å². The van der Waals surface area contributed by atoms with Gasteiger partial charge in [0.25, 0.3) is 0 Å². The molecule has 0 atom stereocenters. The van der Waals surface area contributed by atoms with Crippen LogP contribution in [0.5, 0.6) is 0 Å². The highest BCUT2D eigenvalue weighted by atomic mass is 32.1. The van der Waals surface area contributed by atoms with Gasteiger partial charge in [-0.15, -0.1) is 11.3 Å². The summed E-state index contributed by atoms with van der Waals surface area (Å²) in [6.07, 6.45) is 7.26. The maximum Gasteiger partial charge on any atom is 0.0921 e. The van der Waals surface area contributed by atoms with Crippen LogP contribution in [0.3, 0.4) is 0 Å². The lowest BCUT2D eigenvalue weighted by atomic mass is 10.1. The number of nitrogens with zero attached hydrogens (tertiary/aromatic N) is 3. The van der Waals surface area contributed by atoms with Crippen molar-refractivity contribution in [3.8, 4) is 0 Å². The van der Waals surface area contributed by atoms with Crippen LogP contribution in [0.2, 0.25) is 0 Å². The Kier molecular flexibility index (Phi) is 24.6. The second kappa shape index (κ2) is 22.7. The van der Waals surface area contributed by atoms with Crippen molar-refractivity contribution in [1.29, 1.82) is 0 Å². The van der Waals surface area contributed by atoms with E-state index in [4.69, 9.17) is 0 Å². The first kappa shape index (κ1) is 33.6. The average Bonchev–Trinajstić information content (AvgIpc) is 3.44. The van der Waals surface area contributed by atoms with Gasteiger partial charge in [0.2, 0.25) is 0 Å². The monoisotopic (exact) mass is 448 g/mol. The van der Waals surface area contributed by atoms with Crippen LogP contribution < -0.4 is 0 Å². The number of pyridine rings is 1. The van der Waals surface area contributed by atoms with Crippen molar-refractivity contribution in [1.82, 2.24) is 19.9 Å². The van der Waals surface area contributed by atoms with E-state index in [1.807, 2.05) is 73.8 Å². The maximum absolute atomic E-state index is 4.23. The molecule has 0 saturated carbocycles. The molecule has 0 fully saturated rings. The first-order chi connectivity index (χ1) is 14.8. The lowest BCUT2D eigenvalue weighted by Crippen LogP contribution is -1.85. The van der Waals surface area contributed by atoms with Gasteiger partial charge in [-0.25, -0.2) is 9.97 Å². The molecule has 3 aromatic heterocycles. The number of rotatable bonds is 2. The zero-order chi connectivity index (χ0) is 24.8. The third kappa shape index (κ3) is 17.4. The molecule has 4 nitrogen and oxygen atoms in total. The number of aromatic nitrogens is 4. The topological polar surface area (TPSA) is 54.5 Å². The molecule has 0 amide bonds. The second-order valence-electron chi connectivity index (χ2n) is 6.48. The zero-order valence-electron chi connectivity index (χ0n) is 22.4. The maximum atomic E-state index is 4.23. The zero-order valence-corrected chi connectivity index (χ0v) is 23.2. The van der Waals surface area contributed by atoms with E-state index in [0.717, 1.165) is 0 Å². The van der Waals surface area contributed by atoms with Crippen LogP contribution in [0.15, 0.2) is 37.1 Å². The Bertz CT molecular complexity index is 683. The SMILES string of the molecule is CC.CC.CC.CC(C)c1cccnc1.CC(C)c1cnc[nH]1.Cc1nc(C)c(C)s1. The van der Waals surface area contributed by atoms with E-state index in [9.17, 15) is 0 Å². The minimum absolute atomic E-state index is 0.567. The van der Waals surface area contributed by atoms with E-state index in [2.05, 4.69) is 60.6 Å². The minimum Gasteiger partial charge on any atom is -0.348 e. The second-order valence-corrected chi connectivity index (χ2v) is 7.88. The minimum atomic E-state index is 0.567. The molecule has 3 rings (SSSR count). The standard InChI is InChI=1S/C8H11N.C6H10N2.C6H9NS.3C2H6/c1-7(2)8-4-3-5-9-6-8;1-5(2)6-3-7-4-8-6;1-4-5(2)8-6(3)7-4;3*1-2/h3-7H,1-2H3;3-5H,1-2H3,(H,7,8);1-3H3;3*1-2H3. The van der Waals surface area contributed by atoms with E-state index in [1.54, 1.807) is 23.9 Å². The molecule has 0 aliphatic heterocycles. The molecule has 1 N–H and O–H groups in total. The Morgan fingerprint density at radius 2 is 1.39 bits per heavy atom. The molecule has 0 aromatic carbocycles. The largest absolute Gasteiger partial charge is 0.348 e. The van der Waals surface area contributed by atoms with Crippen molar-refractivity contribution in [2.75, 3.05) is 0 Å². The summed E-state index contributed by atoms with van der Waals surface area (Å²) in [5, 5.41) is 1.17. The van der Waals surface area contributed by atoms with Crippen LogP contribution in [0, 0.1) is 20.8 Å². The van der Waals surface area contributed by atoms with Gasteiger partial charge in [0.15, 0.2) is 0 Å². The third-order valence-electron chi connectivity index (χ3n) is 3.63. The Labute approximate surface area is 197 Å². The molecule has 0 radical (unpaired) electrons. The Morgan fingerprint density at radius 1 is 0.806 bits per heavy atom. The lowest BCUT2D eigenvalue weighted by Gasteiger charge is -2.00. The number of nitrogens with one attached hydrogen (secondary N) is 1. The molecule has 0 bridgehead atoms. The summed E-state index contributed by atoms with van der Waals surface area (Å²) >= 11 is 1.76. The fourth-order valence-electron chi connectivity index (χ4n) is 1.93. The van der Waals surface area contributed by atoms with Crippen molar-refractivity contribution in [2.45, 2.75) is 102 Å². The Morgan fingerprint density at radius 3 is 1.58 bits per heavy atom. The van der Waals surface area contributed by atoms with Crippen LogP contribution in [0.25, 0.3) is 0 Å². The van der Waals surface area contributed by atoms with Gasteiger partial charge in [-0.05, 0) is 44.2 Å². The van der Waals surface area contributed by atoms with E-state index in [-0.39, 0.29) is 0 Å². The van der Waals surface area contributed by atoms with Crippen molar-refractivity contribution >= 4 is 11.3 Å². The highest BCUT2D eigenvalue weighted by Gasteiger charge is 1.96. The van der Waals surface area contributed by atoms with Crippen LogP contribution in [0.4, 0.5) is 0 Å². The fraction of sp³-hybridized carbons (Fsp3) is 0.577. The molecule has 31 heavy (non-hydrogen) atoms. The summed E-state index contributed by atoms with van der Waals surface area (Å²) in [5.41, 5.74) is 3.68. The summed E-state index contributed by atoms with van der Waals surface area (Å²) in [5.74, 6) is 1.16. The van der Waals surface area contributed by atoms with Gasteiger partial charge >= 0.3 is 0 Å². The number of hydrogen-bond acceptors (Lipinski definition) is 4. The highest BCUT2D eigenvalue weighted by molar-refractivity contribution is 7.11. The third-order valence-corrected chi connectivity index (χ3v) is 4.62. The molecular weight excluding hydrogens is 400 g/mol. The van der Waals surface area contributed by atoms with E-state index < -0.39 is 0 Å². The molecule has 3 heterocycles. The summed E-state index contributed by atoms with van der Waals surface area (Å²) in [4.78, 5) is 16.5. The average molecular weight is 449 g/mol. The molecule has 0 aliphatic rings. The van der Waals surface area contributed by atoms with Gasteiger partial charge < -0.3 is 4.98 Å².